The quantitative estimate of drug-likeness (QED) is 0.442. The van der Waals surface area contributed by atoms with Crippen LogP contribution in [0.1, 0.15) is 18.5 Å². The minimum atomic E-state index is -0.365. The molecule has 4 aromatic rings. The number of anilines is 1. The molecule has 4 rings (SSSR count). The summed E-state index contributed by atoms with van der Waals surface area (Å²) >= 11 is 0. The highest BCUT2D eigenvalue weighted by Crippen LogP contribution is 2.29. The molecule has 7 heteroatoms. The molecule has 0 aliphatic rings. The lowest BCUT2D eigenvalue weighted by Gasteiger charge is -2.22. The molecule has 33 heavy (non-hydrogen) atoms. The monoisotopic (exact) mass is 443 g/mol. The van der Waals surface area contributed by atoms with Crippen molar-refractivity contribution < 1.29 is 4.39 Å². The summed E-state index contributed by atoms with van der Waals surface area (Å²) in [6.45, 7) is 2.58. The zero-order chi connectivity index (χ0) is 23.4. The van der Waals surface area contributed by atoms with E-state index in [0.717, 1.165) is 11.1 Å². The first-order valence-corrected chi connectivity index (χ1v) is 10.8. The molecule has 0 fully saturated rings. The van der Waals surface area contributed by atoms with Crippen molar-refractivity contribution in [2.24, 2.45) is 18.7 Å². The minimum Gasteiger partial charge on any atom is -0.355 e. The maximum Gasteiger partial charge on any atom is 0.263 e. The van der Waals surface area contributed by atoms with Crippen molar-refractivity contribution in [1.82, 2.24) is 14.5 Å². The zero-order valence-corrected chi connectivity index (χ0v) is 18.6. The van der Waals surface area contributed by atoms with Gasteiger partial charge >= 0.3 is 0 Å². The second-order valence-corrected chi connectivity index (χ2v) is 8.06. The molecule has 0 aliphatic carbocycles. The first-order valence-electron chi connectivity index (χ1n) is 10.8. The third-order valence-electron chi connectivity index (χ3n) is 5.76. The van der Waals surface area contributed by atoms with E-state index in [4.69, 9.17) is 10.7 Å². The fraction of sp³-hybridized carbons (Fsp3) is 0.192. The van der Waals surface area contributed by atoms with Crippen LogP contribution < -0.4 is 16.6 Å². The van der Waals surface area contributed by atoms with Gasteiger partial charge in [-0.3, -0.25) is 14.3 Å². The first-order chi connectivity index (χ1) is 16.0. The molecule has 0 saturated heterocycles. The van der Waals surface area contributed by atoms with Gasteiger partial charge in [-0.15, -0.1) is 0 Å². The minimum absolute atomic E-state index is 0.0884. The summed E-state index contributed by atoms with van der Waals surface area (Å²) in [5.74, 6) is 0.159. The van der Waals surface area contributed by atoms with Gasteiger partial charge in [-0.2, -0.15) is 0 Å². The Morgan fingerprint density at radius 3 is 2.33 bits per heavy atom. The van der Waals surface area contributed by atoms with Crippen LogP contribution in [0.4, 0.5) is 10.3 Å². The van der Waals surface area contributed by atoms with Crippen molar-refractivity contribution in [3.63, 3.8) is 0 Å². The van der Waals surface area contributed by atoms with E-state index in [-0.39, 0.29) is 23.3 Å². The first kappa shape index (κ1) is 22.4. The Morgan fingerprint density at radius 2 is 1.67 bits per heavy atom. The summed E-state index contributed by atoms with van der Waals surface area (Å²) in [7, 11) is 1.67. The fourth-order valence-electron chi connectivity index (χ4n) is 3.74. The molecule has 6 nitrogen and oxygen atoms in total. The number of halogens is 1. The van der Waals surface area contributed by atoms with Gasteiger partial charge < -0.3 is 11.1 Å². The van der Waals surface area contributed by atoms with Crippen LogP contribution in [0.15, 0.2) is 83.9 Å². The Kier molecular flexibility index (Phi) is 6.60. The number of hydrogen-bond acceptors (Lipinski definition) is 5. The fourth-order valence-corrected chi connectivity index (χ4v) is 3.74. The van der Waals surface area contributed by atoms with E-state index in [1.807, 2.05) is 30.3 Å². The number of nitrogens with one attached hydrogen (secondary N) is 1. The summed E-state index contributed by atoms with van der Waals surface area (Å²) in [6, 6.07) is 19.2. The van der Waals surface area contributed by atoms with E-state index in [2.05, 4.69) is 17.2 Å². The maximum absolute atomic E-state index is 13.5. The summed E-state index contributed by atoms with van der Waals surface area (Å²) < 4.78 is 15.0. The molecule has 0 radical (unpaired) electrons. The van der Waals surface area contributed by atoms with Gasteiger partial charge in [0.05, 0.1) is 11.3 Å². The number of nitrogens with zero attached hydrogens (tertiary/aromatic N) is 3. The van der Waals surface area contributed by atoms with E-state index >= 15 is 0 Å². The SMILES string of the molecule is C[C@H](CNc1nc(-c2ccncc2)c(-c2ccc(F)cc2)c(=O)n1C)[C@H](N)c1ccccc1. The van der Waals surface area contributed by atoms with Crippen molar-refractivity contribution in [2.45, 2.75) is 13.0 Å². The Bertz CT molecular complexity index is 1270. The Labute approximate surface area is 192 Å². The lowest BCUT2D eigenvalue weighted by Crippen LogP contribution is -2.29. The molecule has 2 aromatic heterocycles. The Morgan fingerprint density at radius 1 is 1.00 bits per heavy atom. The van der Waals surface area contributed by atoms with E-state index < -0.39 is 0 Å². The van der Waals surface area contributed by atoms with Gasteiger partial charge in [0.1, 0.15) is 5.82 Å². The number of rotatable bonds is 7. The number of hydrogen-bond donors (Lipinski definition) is 2. The lowest BCUT2D eigenvalue weighted by molar-refractivity contribution is 0.491. The highest BCUT2D eigenvalue weighted by Gasteiger charge is 2.20. The number of aromatic nitrogens is 3. The van der Waals surface area contributed by atoms with Gasteiger partial charge in [-0.25, -0.2) is 9.37 Å². The molecule has 0 spiro atoms. The molecule has 168 valence electrons. The molecule has 0 amide bonds. The van der Waals surface area contributed by atoms with Gasteiger partial charge in [0, 0.05) is 37.6 Å². The third-order valence-corrected chi connectivity index (χ3v) is 5.76. The average Bonchev–Trinajstić information content (AvgIpc) is 2.86. The largest absolute Gasteiger partial charge is 0.355 e. The molecule has 2 atom stereocenters. The second-order valence-electron chi connectivity index (χ2n) is 8.06. The van der Waals surface area contributed by atoms with Crippen LogP contribution in [-0.2, 0) is 7.05 Å². The van der Waals surface area contributed by atoms with Crippen LogP contribution in [0, 0.1) is 11.7 Å². The normalized spacial score (nSPS) is 12.8. The van der Waals surface area contributed by atoms with Crippen LogP contribution in [0.5, 0.6) is 0 Å². The smallest absolute Gasteiger partial charge is 0.263 e. The van der Waals surface area contributed by atoms with Gasteiger partial charge in [0.2, 0.25) is 5.95 Å². The van der Waals surface area contributed by atoms with Gasteiger partial charge in [0.15, 0.2) is 0 Å². The van der Waals surface area contributed by atoms with Crippen LogP contribution >= 0.6 is 0 Å². The number of nitrogens with two attached hydrogens (primary N) is 1. The van der Waals surface area contributed by atoms with Crippen molar-refractivity contribution in [2.75, 3.05) is 11.9 Å². The van der Waals surface area contributed by atoms with E-state index in [1.54, 1.807) is 43.7 Å². The van der Waals surface area contributed by atoms with E-state index in [9.17, 15) is 9.18 Å². The van der Waals surface area contributed by atoms with Crippen LogP contribution in [-0.4, -0.2) is 21.1 Å². The number of benzene rings is 2. The van der Waals surface area contributed by atoms with Gasteiger partial charge in [-0.1, -0.05) is 49.4 Å². The van der Waals surface area contributed by atoms with E-state index in [0.29, 0.717) is 29.3 Å². The van der Waals surface area contributed by atoms with Crippen molar-refractivity contribution in [3.05, 3.63) is 101 Å². The third kappa shape index (κ3) is 4.83. The van der Waals surface area contributed by atoms with Crippen LogP contribution in [0.2, 0.25) is 0 Å². The average molecular weight is 444 g/mol. The molecular formula is C26H26FN5O. The predicted molar refractivity (Wildman–Crippen MR) is 129 cm³/mol. The van der Waals surface area contributed by atoms with Gasteiger partial charge in [-0.05, 0) is 41.3 Å². The Balaban J connectivity index is 1.70. The molecule has 0 unspecified atom stereocenters. The summed E-state index contributed by atoms with van der Waals surface area (Å²) in [6.07, 6.45) is 3.30. The highest BCUT2D eigenvalue weighted by atomic mass is 19.1. The molecule has 3 N–H and O–H groups in total. The molecular weight excluding hydrogens is 417 g/mol. The Hall–Kier alpha value is -3.84. The topological polar surface area (TPSA) is 85.8 Å². The summed E-state index contributed by atoms with van der Waals surface area (Å²) in [5.41, 5.74) is 9.52. The molecule has 0 aliphatic heterocycles. The lowest BCUT2D eigenvalue weighted by atomic mass is 9.95. The van der Waals surface area contributed by atoms with Gasteiger partial charge in [0.25, 0.3) is 5.56 Å². The number of pyridine rings is 1. The summed E-state index contributed by atoms with van der Waals surface area (Å²) in [5, 5.41) is 3.30. The van der Waals surface area contributed by atoms with Crippen LogP contribution in [0.3, 0.4) is 0 Å². The van der Waals surface area contributed by atoms with E-state index in [1.165, 1.54) is 16.7 Å². The zero-order valence-electron chi connectivity index (χ0n) is 18.6. The second kappa shape index (κ2) is 9.75. The van der Waals surface area contributed by atoms with Crippen molar-refractivity contribution >= 4 is 5.95 Å². The highest BCUT2D eigenvalue weighted by molar-refractivity contribution is 5.80. The van der Waals surface area contributed by atoms with Crippen LogP contribution in [0.25, 0.3) is 22.4 Å². The maximum atomic E-state index is 13.5. The van der Waals surface area contributed by atoms with Crippen molar-refractivity contribution in [3.8, 4) is 22.4 Å². The predicted octanol–water partition coefficient (Wildman–Crippen LogP) is 4.40. The van der Waals surface area contributed by atoms with Crippen molar-refractivity contribution in [1.29, 1.82) is 0 Å². The molecule has 2 aromatic carbocycles. The molecule has 0 saturated carbocycles. The molecule has 2 heterocycles. The standard InChI is InChI=1S/C26H26FN5O/c1-17(23(28)19-6-4-3-5-7-19)16-30-26-31-24(20-12-14-29-15-13-20)22(25(33)32(26)2)18-8-10-21(27)11-9-18/h3-15,17,23H,16,28H2,1-2H3,(H,30,31)/t17-,23+/m1/s1. The molecule has 0 bridgehead atoms. The summed E-state index contributed by atoms with van der Waals surface area (Å²) in [4.78, 5) is 22.3.